The molecular weight excluding hydrogens is 257 g/mol. The minimum Gasteiger partial charge on any atom is -0.378 e. The molecule has 17 heavy (non-hydrogen) atoms. The number of nitrogens with one attached hydrogen (secondary N) is 1. The Hall–Kier alpha value is -0.850. The van der Waals surface area contributed by atoms with Crippen LogP contribution in [0.25, 0.3) is 0 Å². The summed E-state index contributed by atoms with van der Waals surface area (Å²) in [7, 11) is 0. The van der Waals surface area contributed by atoms with Gasteiger partial charge in [-0.05, 0) is 12.1 Å². The highest BCUT2D eigenvalue weighted by atomic mass is 35.5. The first-order valence-electron chi connectivity index (χ1n) is 4.91. The third-order valence-corrected chi connectivity index (χ3v) is 2.39. The van der Waals surface area contributed by atoms with E-state index in [0.29, 0.717) is 25.5 Å². The minimum atomic E-state index is -4.33. The predicted octanol–water partition coefficient (Wildman–Crippen LogP) is 2.18. The first-order chi connectivity index (χ1) is 7.57. The van der Waals surface area contributed by atoms with Gasteiger partial charge in [-0.25, -0.2) is 0 Å². The molecule has 0 radical (unpaired) electrons. The number of rotatable bonds is 1. The van der Waals surface area contributed by atoms with Crippen molar-refractivity contribution >= 4 is 12.4 Å². The van der Waals surface area contributed by atoms with E-state index in [9.17, 15) is 13.2 Å². The Kier molecular flexibility index (Phi) is 4.73. The van der Waals surface area contributed by atoms with Crippen LogP contribution < -0.4 is 5.32 Å². The zero-order valence-electron chi connectivity index (χ0n) is 8.83. The summed E-state index contributed by atoms with van der Waals surface area (Å²) in [5.41, 5.74) is -0.152. The third-order valence-electron chi connectivity index (χ3n) is 2.39. The first-order valence-corrected chi connectivity index (χ1v) is 4.91. The fourth-order valence-corrected chi connectivity index (χ4v) is 1.53. The normalized spacial score (nSPS) is 20.8. The highest BCUT2D eigenvalue weighted by Gasteiger charge is 2.31. The van der Waals surface area contributed by atoms with Crippen molar-refractivity contribution in [2.24, 2.45) is 0 Å². The molecule has 7 heteroatoms. The molecule has 0 spiro atoms. The van der Waals surface area contributed by atoms with Crippen LogP contribution in [0.15, 0.2) is 18.3 Å². The van der Waals surface area contributed by atoms with Gasteiger partial charge in [0.25, 0.3) is 0 Å². The quantitative estimate of drug-likeness (QED) is 0.848. The van der Waals surface area contributed by atoms with Crippen LogP contribution in [0.3, 0.4) is 0 Å². The van der Waals surface area contributed by atoms with Gasteiger partial charge in [0.15, 0.2) is 0 Å². The zero-order valence-corrected chi connectivity index (χ0v) is 9.64. The maximum Gasteiger partial charge on any atom is 0.417 e. The van der Waals surface area contributed by atoms with E-state index < -0.39 is 11.7 Å². The summed E-state index contributed by atoms with van der Waals surface area (Å²) >= 11 is 0. The van der Waals surface area contributed by atoms with Gasteiger partial charge in [-0.3, -0.25) is 4.98 Å². The third kappa shape index (κ3) is 3.55. The topological polar surface area (TPSA) is 34.1 Å². The lowest BCUT2D eigenvalue weighted by Crippen LogP contribution is -2.35. The molecule has 1 unspecified atom stereocenters. The lowest BCUT2D eigenvalue weighted by Gasteiger charge is -2.23. The fraction of sp³-hybridized carbons (Fsp3) is 0.500. The van der Waals surface area contributed by atoms with Gasteiger partial charge >= 0.3 is 6.18 Å². The zero-order chi connectivity index (χ0) is 11.6. The lowest BCUT2D eigenvalue weighted by atomic mass is 10.1. The van der Waals surface area contributed by atoms with Gasteiger partial charge in [-0.1, -0.05) is 0 Å². The summed E-state index contributed by atoms with van der Waals surface area (Å²) < 4.78 is 42.1. The van der Waals surface area contributed by atoms with Crippen LogP contribution in [-0.2, 0) is 10.9 Å². The molecule has 2 heterocycles. The smallest absolute Gasteiger partial charge is 0.378 e. The minimum absolute atomic E-state index is 0. The van der Waals surface area contributed by atoms with Gasteiger partial charge in [0.05, 0.1) is 30.5 Å². The summed E-state index contributed by atoms with van der Waals surface area (Å²) in [6, 6.07) is 2.31. The molecule has 1 atom stereocenters. The van der Waals surface area contributed by atoms with Gasteiger partial charge < -0.3 is 10.1 Å². The van der Waals surface area contributed by atoms with Crippen LogP contribution in [-0.4, -0.2) is 24.7 Å². The van der Waals surface area contributed by atoms with Gasteiger partial charge in [0, 0.05) is 12.7 Å². The predicted molar refractivity (Wildman–Crippen MR) is 58.0 cm³/mol. The standard InChI is InChI=1S/C10H11F3N2O.ClH/c11-10(12,13)7-1-2-8(15-5-7)9-6-16-4-3-14-9;/h1-2,5,9,14H,3-4,6H2;1H. The second-order valence-corrected chi connectivity index (χ2v) is 3.55. The molecule has 1 aliphatic heterocycles. The van der Waals surface area contributed by atoms with Crippen molar-refractivity contribution in [1.29, 1.82) is 0 Å². The number of hydrogen-bond acceptors (Lipinski definition) is 3. The molecule has 96 valence electrons. The Balaban J connectivity index is 0.00000144. The number of aromatic nitrogens is 1. The van der Waals surface area contributed by atoms with Crippen LogP contribution in [0.2, 0.25) is 0 Å². The Morgan fingerprint density at radius 3 is 2.59 bits per heavy atom. The van der Waals surface area contributed by atoms with Gasteiger partial charge in [-0.15, -0.1) is 12.4 Å². The molecule has 1 N–H and O–H groups in total. The van der Waals surface area contributed by atoms with E-state index in [0.717, 1.165) is 12.3 Å². The van der Waals surface area contributed by atoms with Crippen LogP contribution in [0.1, 0.15) is 17.3 Å². The molecular formula is C10H12ClF3N2O. The van der Waals surface area contributed by atoms with Crippen molar-refractivity contribution in [3.05, 3.63) is 29.6 Å². The van der Waals surface area contributed by atoms with E-state index in [-0.39, 0.29) is 18.4 Å². The molecule has 3 nitrogen and oxygen atoms in total. The summed E-state index contributed by atoms with van der Waals surface area (Å²) in [6.45, 7) is 1.75. The fourth-order valence-electron chi connectivity index (χ4n) is 1.53. The second-order valence-electron chi connectivity index (χ2n) is 3.55. The maximum absolute atomic E-state index is 12.3. The number of alkyl halides is 3. The number of pyridine rings is 1. The average Bonchev–Trinajstić information content (AvgIpc) is 2.29. The first kappa shape index (κ1) is 14.2. The summed E-state index contributed by atoms with van der Waals surface area (Å²) in [6.07, 6.45) is -3.48. The largest absolute Gasteiger partial charge is 0.417 e. The molecule has 1 aromatic rings. The van der Waals surface area contributed by atoms with Gasteiger partial charge in [0.1, 0.15) is 0 Å². The van der Waals surface area contributed by atoms with Crippen LogP contribution in [0.4, 0.5) is 13.2 Å². The van der Waals surface area contributed by atoms with Crippen molar-refractivity contribution < 1.29 is 17.9 Å². The molecule has 0 aliphatic carbocycles. The van der Waals surface area contributed by atoms with Crippen molar-refractivity contribution in [2.45, 2.75) is 12.2 Å². The lowest BCUT2D eigenvalue weighted by molar-refractivity contribution is -0.137. The van der Waals surface area contributed by atoms with E-state index in [2.05, 4.69) is 10.3 Å². The highest BCUT2D eigenvalue weighted by Crippen LogP contribution is 2.29. The van der Waals surface area contributed by atoms with E-state index in [1.807, 2.05) is 0 Å². The monoisotopic (exact) mass is 268 g/mol. The number of hydrogen-bond donors (Lipinski definition) is 1. The number of morpholine rings is 1. The van der Waals surface area contributed by atoms with Gasteiger partial charge in [-0.2, -0.15) is 13.2 Å². The van der Waals surface area contributed by atoms with Crippen molar-refractivity contribution in [2.75, 3.05) is 19.8 Å². The summed E-state index contributed by atoms with van der Waals surface area (Å²) in [4.78, 5) is 3.81. The number of nitrogens with zero attached hydrogens (tertiary/aromatic N) is 1. The summed E-state index contributed by atoms with van der Waals surface area (Å²) in [5, 5.41) is 3.12. The van der Waals surface area contributed by atoms with E-state index in [1.54, 1.807) is 0 Å². The summed E-state index contributed by atoms with van der Waals surface area (Å²) in [5.74, 6) is 0. The van der Waals surface area contributed by atoms with Crippen LogP contribution in [0.5, 0.6) is 0 Å². The van der Waals surface area contributed by atoms with E-state index >= 15 is 0 Å². The Bertz CT molecular complexity index is 350. The molecule has 1 saturated heterocycles. The molecule has 0 amide bonds. The van der Waals surface area contributed by atoms with Crippen molar-refractivity contribution in [3.63, 3.8) is 0 Å². The van der Waals surface area contributed by atoms with E-state index in [1.165, 1.54) is 6.07 Å². The maximum atomic E-state index is 12.3. The molecule has 1 fully saturated rings. The highest BCUT2D eigenvalue weighted by molar-refractivity contribution is 5.85. The molecule has 0 aromatic carbocycles. The Labute approximate surface area is 103 Å². The molecule has 1 aromatic heterocycles. The molecule has 0 bridgehead atoms. The molecule has 2 rings (SSSR count). The Morgan fingerprint density at radius 1 is 1.35 bits per heavy atom. The molecule has 0 saturated carbocycles. The van der Waals surface area contributed by atoms with Gasteiger partial charge in [0.2, 0.25) is 0 Å². The Morgan fingerprint density at radius 2 is 2.12 bits per heavy atom. The second kappa shape index (κ2) is 5.66. The van der Waals surface area contributed by atoms with Crippen molar-refractivity contribution in [3.8, 4) is 0 Å². The van der Waals surface area contributed by atoms with Crippen molar-refractivity contribution in [1.82, 2.24) is 10.3 Å². The molecule has 1 aliphatic rings. The van der Waals surface area contributed by atoms with Crippen LogP contribution >= 0.6 is 12.4 Å². The number of ether oxygens (including phenoxy) is 1. The van der Waals surface area contributed by atoms with E-state index in [4.69, 9.17) is 4.74 Å². The van der Waals surface area contributed by atoms with Crippen LogP contribution in [0, 0.1) is 0 Å². The number of halogens is 4. The average molecular weight is 269 g/mol. The SMILES string of the molecule is Cl.FC(F)(F)c1ccc(C2COCCN2)nc1.